The number of rotatable bonds is 8. The molecule has 11 nitrogen and oxygen atoms in total. The van der Waals surface area contributed by atoms with Crippen LogP contribution in [-0.2, 0) is 20.6 Å². The fraction of sp³-hybridized carbons (Fsp3) is 0.303. The summed E-state index contributed by atoms with van der Waals surface area (Å²) in [5, 5.41) is 22.2. The minimum atomic E-state index is -1.52. The quantitative estimate of drug-likeness (QED) is 0.190. The number of ether oxygens (including phenoxy) is 4. The van der Waals surface area contributed by atoms with Gasteiger partial charge in [0, 0.05) is 30.2 Å². The van der Waals surface area contributed by atoms with E-state index in [1.807, 2.05) is 0 Å². The van der Waals surface area contributed by atoms with E-state index < -0.39 is 65.7 Å². The van der Waals surface area contributed by atoms with E-state index in [1.165, 1.54) is 37.4 Å². The molecule has 3 aromatic carbocycles. The third kappa shape index (κ3) is 6.12. The number of aliphatic hydroxyl groups is 1. The van der Waals surface area contributed by atoms with Crippen molar-refractivity contribution in [3.63, 3.8) is 0 Å². The third-order valence-corrected chi connectivity index (χ3v) is 7.81. The van der Waals surface area contributed by atoms with Crippen LogP contribution in [0.15, 0.2) is 69.9 Å². The zero-order valence-electron chi connectivity index (χ0n) is 24.9. The molecule has 1 aliphatic rings. The Bertz CT molecular complexity index is 1830. The van der Waals surface area contributed by atoms with Crippen LogP contribution in [0, 0.1) is 12.7 Å². The van der Waals surface area contributed by atoms with Gasteiger partial charge in [0.1, 0.15) is 29.0 Å². The summed E-state index contributed by atoms with van der Waals surface area (Å²) >= 11 is 0. The molecule has 4 atom stereocenters. The molecular weight excluding hydrogens is 589 g/mol. The van der Waals surface area contributed by atoms with Crippen LogP contribution in [0.1, 0.15) is 35.3 Å². The standard InChI is InChI=1S/C33H32FNO10/c1-16-24(42-31-26(38)28(44-32(35)40)29(41-4)33(2,3)45-31)13-12-20-25(37)21(30(39)43-27(16)20)15-23(36)18-9-7-8-17(14-18)19-10-5-6-11-22(19)34/h5-14,26,28-29,31,37-38H,15H2,1-4H3,(H2,35,40)/t26-,28+,29-,31-/m1/s1. The second-order valence-electron chi connectivity index (χ2n) is 11.2. The van der Waals surface area contributed by atoms with E-state index in [2.05, 4.69) is 0 Å². The highest BCUT2D eigenvalue weighted by Crippen LogP contribution is 2.38. The Morgan fingerprint density at radius 1 is 1.09 bits per heavy atom. The average Bonchev–Trinajstić information content (AvgIpc) is 2.99. The smallest absolute Gasteiger partial charge is 0.404 e. The Balaban J connectivity index is 1.42. The number of carbonyl (C=O) groups is 2. The summed E-state index contributed by atoms with van der Waals surface area (Å²) in [7, 11) is 1.37. The fourth-order valence-corrected chi connectivity index (χ4v) is 5.57. The summed E-state index contributed by atoms with van der Waals surface area (Å²) in [4.78, 5) is 37.8. The molecule has 1 saturated heterocycles. The van der Waals surface area contributed by atoms with Crippen LogP contribution < -0.4 is 16.1 Å². The first-order valence-corrected chi connectivity index (χ1v) is 14.0. The summed E-state index contributed by atoms with van der Waals surface area (Å²) in [6.45, 7) is 4.88. The lowest BCUT2D eigenvalue weighted by Gasteiger charge is -2.47. The summed E-state index contributed by atoms with van der Waals surface area (Å²) < 4.78 is 42.3. The molecule has 0 saturated carbocycles. The van der Waals surface area contributed by atoms with Gasteiger partial charge in [0.15, 0.2) is 18.0 Å². The monoisotopic (exact) mass is 621 g/mol. The van der Waals surface area contributed by atoms with Crippen molar-refractivity contribution in [2.45, 2.75) is 57.4 Å². The molecule has 0 bridgehead atoms. The molecule has 1 amide bonds. The largest absolute Gasteiger partial charge is 0.507 e. The number of hydrogen-bond donors (Lipinski definition) is 3. The number of amides is 1. The lowest BCUT2D eigenvalue weighted by molar-refractivity contribution is -0.304. The Morgan fingerprint density at radius 2 is 1.82 bits per heavy atom. The molecule has 2 heterocycles. The van der Waals surface area contributed by atoms with Crippen molar-refractivity contribution in [2.75, 3.05) is 7.11 Å². The number of methoxy groups -OCH3 is 1. The number of aromatic hydroxyl groups is 1. The Kier molecular flexibility index (Phi) is 8.66. The molecule has 4 N–H and O–H groups in total. The number of fused-ring (bicyclic) bond motifs is 1. The number of carbonyl (C=O) groups excluding carboxylic acids is 2. The van der Waals surface area contributed by atoms with Gasteiger partial charge in [-0.3, -0.25) is 4.79 Å². The van der Waals surface area contributed by atoms with Crippen LogP contribution in [0.5, 0.6) is 11.5 Å². The second kappa shape index (κ2) is 12.3. The van der Waals surface area contributed by atoms with E-state index in [0.717, 1.165) is 0 Å². The van der Waals surface area contributed by atoms with Crippen LogP contribution >= 0.6 is 0 Å². The normalized spacial score (nSPS) is 20.9. The highest BCUT2D eigenvalue weighted by atomic mass is 19.1. The molecule has 45 heavy (non-hydrogen) atoms. The van der Waals surface area contributed by atoms with Crippen LogP contribution in [0.2, 0.25) is 0 Å². The van der Waals surface area contributed by atoms with Crippen molar-refractivity contribution >= 4 is 22.8 Å². The van der Waals surface area contributed by atoms with E-state index >= 15 is 0 Å². The molecule has 0 radical (unpaired) electrons. The molecule has 4 aromatic rings. The van der Waals surface area contributed by atoms with Gasteiger partial charge in [-0.2, -0.15) is 0 Å². The number of nitrogens with two attached hydrogens (primary N) is 1. The molecule has 1 aromatic heterocycles. The third-order valence-electron chi connectivity index (χ3n) is 7.81. The molecule has 5 rings (SSSR count). The summed E-state index contributed by atoms with van der Waals surface area (Å²) in [6.07, 6.45) is -6.57. The van der Waals surface area contributed by atoms with Crippen molar-refractivity contribution in [1.29, 1.82) is 0 Å². The first kappa shape index (κ1) is 31.6. The number of benzene rings is 3. The summed E-state index contributed by atoms with van der Waals surface area (Å²) in [5.41, 5.74) is 4.21. The molecule has 0 unspecified atom stereocenters. The van der Waals surface area contributed by atoms with Crippen molar-refractivity contribution in [3.8, 4) is 22.6 Å². The van der Waals surface area contributed by atoms with Crippen molar-refractivity contribution in [1.82, 2.24) is 0 Å². The molecule has 0 spiro atoms. The SMILES string of the molecule is CO[C@@H]1[C@@H](OC(N)=O)[C@@H](O)[C@H](Oc2ccc3c(O)c(CC(=O)c4cccc(-c5ccccc5F)c4)c(=O)oc3c2C)OC1(C)C. The van der Waals surface area contributed by atoms with Crippen LogP contribution in [0.25, 0.3) is 22.1 Å². The van der Waals surface area contributed by atoms with Gasteiger partial charge in [0.05, 0.1) is 16.6 Å². The van der Waals surface area contributed by atoms with Gasteiger partial charge in [-0.05, 0) is 50.6 Å². The number of aliphatic hydroxyl groups excluding tert-OH is 1. The van der Waals surface area contributed by atoms with Gasteiger partial charge in [-0.1, -0.05) is 36.4 Å². The summed E-state index contributed by atoms with van der Waals surface area (Å²) in [5.74, 6) is -1.24. The Morgan fingerprint density at radius 3 is 2.51 bits per heavy atom. The van der Waals surface area contributed by atoms with E-state index in [1.54, 1.807) is 51.1 Å². The van der Waals surface area contributed by atoms with Crippen LogP contribution in [-0.4, -0.2) is 59.4 Å². The van der Waals surface area contributed by atoms with E-state index in [-0.39, 0.29) is 33.4 Å². The zero-order valence-corrected chi connectivity index (χ0v) is 24.9. The van der Waals surface area contributed by atoms with E-state index in [4.69, 9.17) is 29.1 Å². The highest BCUT2D eigenvalue weighted by Gasteiger charge is 2.53. The maximum atomic E-state index is 14.3. The van der Waals surface area contributed by atoms with Crippen LogP contribution in [0.3, 0.4) is 0 Å². The van der Waals surface area contributed by atoms with Gasteiger partial charge in [0.2, 0.25) is 6.29 Å². The molecule has 1 aliphatic heterocycles. The van der Waals surface area contributed by atoms with Crippen molar-refractivity contribution in [2.24, 2.45) is 5.73 Å². The number of aryl methyl sites for hydroxylation is 1. The highest BCUT2D eigenvalue weighted by molar-refractivity contribution is 6.00. The van der Waals surface area contributed by atoms with E-state index in [0.29, 0.717) is 11.1 Å². The average molecular weight is 622 g/mol. The first-order chi connectivity index (χ1) is 21.3. The predicted molar refractivity (Wildman–Crippen MR) is 160 cm³/mol. The fourth-order valence-electron chi connectivity index (χ4n) is 5.57. The molecule has 236 valence electrons. The number of hydrogen-bond acceptors (Lipinski definition) is 10. The summed E-state index contributed by atoms with van der Waals surface area (Å²) in [6, 6.07) is 15.4. The maximum Gasteiger partial charge on any atom is 0.404 e. The van der Waals surface area contributed by atoms with Gasteiger partial charge in [0.25, 0.3) is 0 Å². The van der Waals surface area contributed by atoms with Crippen molar-refractivity contribution < 1.29 is 47.6 Å². The number of Topliss-reactive ketones (excluding diaryl/α,β-unsaturated/α-hetero) is 1. The number of ketones is 1. The van der Waals surface area contributed by atoms with Gasteiger partial charge < -0.3 is 39.3 Å². The lowest BCUT2D eigenvalue weighted by atomic mass is 9.89. The minimum absolute atomic E-state index is 0.0167. The second-order valence-corrected chi connectivity index (χ2v) is 11.2. The molecule has 12 heteroatoms. The van der Waals surface area contributed by atoms with Gasteiger partial charge >= 0.3 is 11.7 Å². The van der Waals surface area contributed by atoms with Gasteiger partial charge in [-0.15, -0.1) is 0 Å². The Labute approximate surface area is 256 Å². The molecule has 0 aliphatic carbocycles. The zero-order chi connectivity index (χ0) is 32.6. The number of primary amides is 1. The van der Waals surface area contributed by atoms with Crippen LogP contribution in [0.4, 0.5) is 9.18 Å². The molecular formula is C33H32FNO10. The van der Waals surface area contributed by atoms with E-state index in [9.17, 15) is 29.0 Å². The number of halogens is 1. The topological polar surface area (TPSA) is 168 Å². The maximum absolute atomic E-state index is 14.3. The minimum Gasteiger partial charge on any atom is -0.507 e. The predicted octanol–water partition coefficient (Wildman–Crippen LogP) is 4.39. The first-order valence-electron chi connectivity index (χ1n) is 14.0. The van der Waals surface area contributed by atoms with Crippen molar-refractivity contribution in [3.05, 3.63) is 93.6 Å². The Hall–Kier alpha value is -4.78. The van der Waals surface area contributed by atoms with Gasteiger partial charge in [-0.25, -0.2) is 14.0 Å². The lowest BCUT2D eigenvalue weighted by Crippen LogP contribution is -2.65. The molecule has 1 fully saturated rings.